The quantitative estimate of drug-likeness (QED) is 0.933. The van der Waals surface area contributed by atoms with Crippen LogP contribution < -0.4 is 10.6 Å². The van der Waals surface area contributed by atoms with Crippen LogP contribution in [0.25, 0.3) is 10.9 Å². The number of rotatable bonds is 4. The first-order chi connectivity index (χ1) is 10.1. The predicted molar refractivity (Wildman–Crippen MR) is 89.8 cm³/mol. The van der Waals surface area contributed by atoms with Gasteiger partial charge in [-0.3, -0.25) is 0 Å². The van der Waals surface area contributed by atoms with Gasteiger partial charge in [0.25, 0.3) is 0 Å². The van der Waals surface area contributed by atoms with E-state index in [1.165, 1.54) is 36.6 Å². The third kappa shape index (κ3) is 3.03. The smallest absolute Gasteiger partial charge is 0.132 e. The van der Waals surface area contributed by atoms with Gasteiger partial charge >= 0.3 is 0 Å². The molecule has 3 rings (SSSR count). The Hall–Kier alpha value is -1.61. The van der Waals surface area contributed by atoms with Crippen molar-refractivity contribution in [1.82, 2.24) is 4.98 Å². The normalized spacial score (nSPS) is 17.3. The van der Waals surface area contributed by atoms with E-state index in [9.17, 15) is 0 Å². The van der Waals surface area contributed by atoms with Crippen molar-refractivity contribution in [3.8, 4) is 0 Å². The van der Waals surface area contributed by atoms with Gasteiger partial charge < -0.3 is 10.6 Å². The molecule has 0 radical (unpaired) electrons. The van der Waals surface area contributed by atoms with Crippen molar-refractivity contribution in [3.05, 3.63) is 35.9 Å². The Balaban J connectivity index is 2.04. The van der Waals surface area contributed by atoms with Crippen LogP contribution in [0.5, 0.6) is 0 Å². The van der Waals surface area contributed by atoms with Crippen LogP contribution >= 0.6 is 0 Å². The number of anilines is 1. The fourth-order valence-corrected chi connectivity index (χ4v) is 3.42. The van der Waals surface area contributed by atoms with Gasteiger partial charge in [-0.05, 0) is 43.9 Å². The molecule has 0 aliphatic heterocycles. The van der Waals surface area contributed by atoms with E-state index >= 15 is 0 Å². The molecule has 1 fully saturated rings. The van der Waals surface area contributed by atoms with E-state index in [-0.39, 0.29) is 6.04 Å². The second kappa shape index (κ2) is 6.02. The van der Waals surface area contributed by atoms with E-state index in [2.05, 4.69) is 49.2 Å². The zero-order chi connectivity index (χ0) is 14.8. The molecule has 0 bridgehead atoms. The van der Waals surface area contributed by atoms with E-state index in [1.54, 1.807) is 0 Å². The lowest BCUT2D eigenvalue weighted by molar-refractivity contribution is 0.640. The molecule has 3 heteroatoms. The van der Waals surface area contributed by atoms with Crippen molar-refractivity contribution < 1.29 is 0 Å². The average Bonchev–Trinajstić information content (AvgIpc) is 2.99. The zero-order valence-electron chi connectivity index (χ0n) is 13.0. The molecule has 1 atom stereocenters. The molecule has 3 nitrogen and oxygen atoms in total. The van der Waals surface area contributed by atoms with Crippen molar-refractivity contribution in [2.75, 3.05) is 11.9 Å². The number of fused-ring (bicyclic) bond motifs is 1. The zero-order valence-corrected chi connectivity index (χ0v) is 13.0. The fraction of sp³-hybridized carbons (Fsp3) is 0.500. The highest BCUT2D eigenvalue weighted by molar-refractivity contribution is 5.81. The largest absolute Gasteiger partial charge is 0.356 e. The number of hydrogen-bond donors (Lipinski definition) is 1. The van der Waals surface area contributed by atoms with E-state index < -0.39 is 0 Å². The minimum Gasteiger partial charge on any atom is -0.356 e. The van der Waals surface area contributed by atoms with Gasteiger partial charge in [0.2, 0.25) is 0 Å². The van der Waals surface area contributed by atoms with Crippen LogP contribution in [0.2, 0.25) is 0 Å². The van der Waals surface area contributed by atoms with Crippen molar-refractivity contribution in [2.24, 2.45) is 5.73 Å². The highest BCUT2D eigenvalue weighted by Crippen LogP contribution is 2.30. The van der Waals surface area contributed by atoms with Gasteiger partial charge in [0.05, 0.1) is 5.52 Å². The number of hydrogen-bond acceptors (Lipinski definition) is 3. The third-order valence-corrected chi connectivity index (χ3v) is 4.53. The maximum Gasteiger partial charge on any atom is 0.132 e. The van der Waals surface area contributed by atoms with Gasteiger partial charge in [0.1, 0.15) is 5.82 Å². The fourth-order valence-electron chi connectivity index (χ4n) is 3.42. The number of benzene rings is 1. The Morgan fingerprint density at radius 1 is 1.29 bits per heavy atom. The SMILES string of the molecule is CC(N)Cc1cc2ccccc2nc1N(C)C1CCCC1. The minimum absolute atomic E-state index is 0.156. The van der Waals surface area contributed by atoms with Crippen molar-refractivity contribution >= 4 is 16.7 Å². The van der Waals surface area contributed by atoms with E-state index in [0.717, 1.165) is 17.8 Å². The summed E-state index contributed by atoms with van der Waals surface area (Å²) in [6.45, 7) is 2.06. The van der Waals surface area contributed by atoms with Gasteiger partial charge in [-0.25, -0.2) is 4.98 Å². The summed E-state index contributed by atoms with van der Waals surface area (Å²) in [4.78, 5) is 7.33. The van der Waals surface area contributed by atoms with E-state index in [0.29, 0.717) is 6.04 Å². The summed E-state index contributed by atoms with van der Waals surface area (Å²) in [5.74, 6) is 1.12. The summed E-state index contributed by atoms with van der Waals surface area (Å²) in [6.07, 6.45) is 6.12. The number of para-hydroxylation sites is 1. The number of nitrogens with zero attached hydrogens (tertiary/aromatic N) is 2. The average molecular weight is 283 g/mol. The predicted octanol–water partition coefficient (Wildman–Crippen LogP) is 3.50. The molecule has 0 spiro atoms. The second-order valence-corrected chi connectivity index (χ2v) is 6.39. The molecule has 1 saturated carbocycles. The van der Waals surface area contributed by atoms with Crippen LogP contribution in [0, 0.1) is 0 Å². The molecule has 1 unspecified atom stereocenters. The summed E-state index contributed by atoms with van der Waals surface area (Å²) in [6, 6.07) is 11.4. The Bertz CT molecular complexity index is 615. The van der Waals surface area contributed by atoms with Gasteiger partial charge in [0, 0.05) is 24.5 Å². The number of pyridine rings is 1. The molecular weight excluding hydrogens is 258 g/mol. The van der Waals surface area contributed by atoms with Crippen LogP contribution in [0.4, 0.5) is 5.82 Å². The maximum absolute atomic E-state index is 6.04. The van der Waals surface area contributed by atoms with Gasteiger partial charge in [-0.2, -0.15) is 0 Å². The monoisotopic (exact) mass is 283 g/mol. The summed E-state index contributed by atoms with van der Waals surface area (Å²) in [5.41, 5.74) is 8.40. The second-order valence-electron chi connectivity index (χ2n) is 6.39. The Morgan fingerprint density at radius 3 is 2.71 bits per heavy atom. The first kappa shape index (κ1) is 14.3. The molecule has 0 saturated heterocycles. The first-order valence-electron chi connectivity index (χ1n) is 8.02. The van der Waals surface area contributed by atoms with Gasteiger partial charge in [-0.1, -0.05) is 31.0 Å². The molecule has 1 heterocycles. The van der Waals surface area contributed by atoms with E-state index in [1.807, 2.05) is 0 Å². The topological polar surface area (TPSA) is 42.1 Å². The summed E-state index contributed by atoms with van der Waals surface area (Å²) in [7, 11) is 2.19. The Kier molecular flexibility index (Phi) is 4.11. The molecule has 2 N–H and O–H groups in total. The standard InChI is InChI=1S/C18H25N3/c1-13(19)11-15-12-14-7-3-6-10-17(14)20-18(15)21(2)16-8-4-5-9-16/h3,6-7,10,12-13,16H,4-5,8-9,11,19H2,1-2H3. The minimum atomic E-state index is 0.156. The summed E-state index contributed by atoms with van der Waals surface area (Å²) in [5, 5.41) is 1.21. The number of aromatic nitrogens is 1. The van der Waals surface area contributed by atoms with Gasteiger partial charge in [-0.15, -0.1) is 0 Å². The lowest BCUT2D eigenvalue weighted by Gasteiger charge is -2.28. The molecule has 112 valence electrons. The molecule has 1 aromatic heterocycles. The highest BCUT2D eigenvalue weighted by atomic mass is 15.2. The Labute approximate surface area is 127 Å². The van der Waals surface area contributed by atoms with Crippen LogP contribution in [0.15, 0.2) is 30.3 Å². The van der Waals surface area contributed by atoms with Crippen LogP contribution in [-0.4, -0.2) is 24.1 Å². The first-order valence-corrected chi connectivity index (χ1v) is 8.02. The van der Waals surface area contributed by atoms with Gasteiger partial charge in [0.15, 0.2) is 0 Å². The molecule has 2 aromatic rings. The summed E-state index contributed by atoms with van der Waals surface area (Å²) >= 11 is 0. The van der Waals surface area contributed by atoms with Crippen LogP contribution in [-0.2, 0) is 6.42 Å². The molecule has 1 aromatic carbocycles. The molecule has 21 heavy (non-hydrogen) atoms. The third-order valence-electron chi connectivity index (χ3n) is 4.53. The van der Waals surface area contributed by atoms with Crippen molar-refractivity contribution in [1.29, 1.82) is 0 Å². The lowest BCUT2D eigenvalue weighted by atomic mass is 10.0. The highest BCUT2D eigenvalue weighted by Gasteiger charge is 2.23. The Morgan fingerprint density at radius 2 is 2.00 bits per heavy atom. The van der Waals surface area contributed by atoms with Crippen LogP contribution in [0.1, 0.15) is 38.2 Å². The molecule has 1 aliphatic carbocycles. The molecular formula is C18H25N3. The summed E-state index contributed by atoms with van der Waals surface area (Å²) < 4.78 is 0. The van der Waals surface area contributed by atoms with E-state index in [4.69, 9.17) is 10.7 Å². The number of nitrogens with two attached hydrogens (primary N) is 1. The molecule has 0 amide bonds. The maximum atomic E-state index is 6.04. The van der Waals surface area contributed by atoms with Crippen molar-refractivity contribution in [2.45, 2.75) is 51.1 Å². The van der Waals surface area contributed by atoms with Crippen molar-refractivity contribution in [3.63, 3.8) is 0 Å². The van der Waals surface area contributed by atoms with Crippen LogP contribution in [0.3, 0.4) is 0 Å². The molecule has 1 aliphatic rings. The lowest BCUT2D eigenvalue weighted by Crippen LogP contribution is -2.31.